The van der Waals surface area contributed by atoms with Crippen molar-refractivity contribution in [1.82, 2.24) is 4.90 Å². The van der Waals surface area contributed by atoms with Crippen molar-refractivity contribution in [2.45, 2.75) is 20.3 Å². The summed E-state index contributed by atoms with van der Waals surface area (Å²) in [5, 5.41) is 0. The van der Waals surface area contributed by atoms with Gasteiger partial charge in [-0.1, -0.05) is 0 Å². The fourth-order valence-electron chi connectivity index (χ4n) is 3.27. The van der Waals surface area contributed by atoms with Crippen LogP contribution in [-0.2, 0) is 11.2 Å². The van der Waals surface area contributed by atoms with E-state index >= 15 is 0 Å². The number of carbonyl (C=O) groups excluding carboxylic acids is 1. The van der Waals surface area contributed by atoms with Crippen molar-refractivity contribution < 1.29 is 9.53 Å². The minimum Gasteiger partial charge on any atom is -0.378 e. The van der Waals surface area contributed by atoms with Gasteiger partial charge in [0.15, 0.2) is 0 Å². The fourth-order valence-corrected chi connectivity index (χ4v) is 3.27. The Balaban J connectivity index is 1.79. The first-order valence-electron chi connectivity index (χ1n) is 8.26. The maximum absolute atomic E-state index is 12.6. The van der Waals surface area contributed by atoms with Crippen molar-refractivity contribution in [3.8, 4) is 0 Å². The van der Waals surface area contributed by atoms with Gasteiger partial charge in [-0.3, -0.25) is 4.90 Å². The number of hydrogen-bond acceptors (Lipinski definition) is 3. The number of nitrogens with zero attached hydrogens (tertiary/aromatic N) is 3. The molecule has 0 N–H and O–H groups in total. The Morgan fingerprint density at radius 2 is 1.91 bits per heavy atom. The third-order valence-electron chi connectivity index (χ3n) is 4.60. The van der Waals surface area contributed by atoms with E-state index in [9.17, 15) is 4.79 Å². The molecule has 0 atom stereocenters. The van der Waals surface area contributed by atoms with Gasteiger partial charge >= 0.3 is 6.03 Å². The Hall–Kier alpha value is -1.75. The molecule has 1 fully saturated rings. The minimum absolute atomic E-state index is 0.128. The number of rotatable bonds is 3. The van der Waals surface area contributed by atoms with Crippen molar-refractivity contribution >= 4 is 17.4 Å². The van der Waals surface area contributed by atoms with Crippen LogP contribution in [0, 0.1) is 0 Å². The highest BCUT2D eigenvalue weighted by Crippen LogP contribution is 2.32. The standard InChI is InChI=1S/C17H25N3O2/c1-3-18(4-2)17(21)20-8-7-14-13-15(5-6-16(14)20)19-9-11-22-12-10-19/h5-6,13H,3-4,7-12H2,1-2H3. The van der Waals surface area contributed by atoms with Gasteiger partial charge < -0.3 is 14.5 Å². The molecule has 2 amide bonds. The molecule has 2 aliphatic rings. The summed E-state index contributed by atoms with van der Waals surface area (Å²) < 4.78 is 5.41. The maximum Gasteiger partial charge on any atom is 0.324 e. The first-order chi connectivity index (χ1) is 10.7. The van der Waals surface area contributed by atoms with E-state index in [1.54, 1.807) is 0 Å². The van der Waals surface area contributed by atoms with Gasteiger partial charge in [0, 0.05) is 44.1 Å². The zero-order valence-corrected chi connectivity index (χ0v) is 13.5. The molecule has 1 saturated heterocycles. The van der Waals surface area contributed by atoms with Crippen LogP contribution in [0.25, 0.3) is 0 Å². The van der Waals surface area contributed by atoms with E-state index in [0.29, 0.717) is 0 Å². The monoisotopic (exact) mass is 303 g/mol. The molecule has 2 aliphatic heterocycles. The van der Waals surface area contributed by atoms with E-state index in [0.717, 1.165) is 58.0 Å². The molecule has 2 heterocycles. The van der Waals surface area contributed by atoms with Crippen LogP contribution in [0.3, 0.4) is 0 Å². The summed E-state index contributed by atoms with van der Waals surface area (Å²) in [5.74, 6) is 0. The number of urea groups is 1. The highest BCUT2D eigenvalue weighted by Gasteiger charge is 2.27. The zero-order chi connectivity index (χ0) is 15.5. The molecule has 0 aliphatic carbocycles. The van der Waals surface area contributed by atoms with Gasteiger partial charge in [-0.25, -0.2) is 4.79 Å². The van der Waals surface area contributed by atoms with E-state index in [1.165, 1.54) is 11.3 Å². The quantitative estimate of drug-likeness (QED) is 0.860. The number of benzene rings is 1. The second kappa shape index (κ2) is 6.57. The molecule has 3 rings (SSSR count). The summed E-state index contributed by atoms with van der Waals surface area (Å²) in [6, 6.07) is 6.62. The lowest BCUT2D eigenvalue weighted by molar-refractivity contribution is 0.122. The third-order valence-corrected chi connectivity index (χ3v) is 4.60. The predicted octanol–water partition coefficient (Wildman–Crippen LogP) is 2.35. The number of amides is 2. The molecule has 5 heteroatoms. The number of carbonyl (C=O) groups is 1. The molecule has 5 nitrogen and oxygen atoms in total. The first kappa shape index (κ1) is 15.2. The van der Waals surface area contributed by atoms with Crippen LogP contribution >= 0.6 is 0 Å². The Morgan fingerprint density at radius 3 is 2.59 bits per heavy atom. The lowest BCUT2D eigenvalue weighted by Crippen LogP contribution is -2.42. The van der Waals surface area contributed by atoms with Gasteiger partial charge in [-0.2, -0.15) is 0 Å². The van der Waals surface area contributed by atoms with E-state index in [2.05, 4.69) is 23.1 Å². The highest BCUT2D eigenvalue weighted by molar-refractivity contribution is 5.94. The Kier molecular flexibility index (Phi) is 4.52. The summed E-state index contributed by atoms with van der Waals surface area (Å²) in [6.45, 7) is 9.84. The highest BCUT2D eigenvalue weighted by atomic mass is 16.5. The number of ether oxygens (including phenoxy) is 1. The summed E-state index contributed by atoms with van der Waals surface area (Å²) in [5.41, 5.74) is 3.61. The Morgan fingerprint density at radius 1 is 1.18 bits per heavy atom. The normalized spacial score (nSPS) is 17.5. The number of fused-ring (bicyclic) bond motifs is 1. The molecule has 22 heavy (non-hydrogen) atoms. The third kappa shape index (κ3) is 2.77. The van der Waals surface area contributed by atoms with Gasteiger partial charge in [0.25, 0.3) is 0 Å². The first-order valence-corrected chi connectivity index (χ1v) is 8.26. The van der Waals surface area contributed by atoms with Crippen LogP contribution in [0.4, 0.5) is 16.2 Å². The van der Waals surface area contributed by atoms with Crippen molar-refractivity contribution in [3.05, 3.63) is 23.8 Å². The van der Waals surface area contributed by atoms with Crippen LogP contribution in [0.15, 0.2) is 18.2 Å². The molecule has 1 aromatic carbocycles. The molecular weight excluding hydrogens is 278 g/mol. The van der Waals surface area contributed by atoms with Gasteiger partial charge in [0.2, 0.25) is 0 Å². The lowest BCUT2D eigenvalue weighted by Gasteiger charge is -2.30. The van der Waals surface area contributed by atoms with Crippen LogP contribution in [0.2, 0.25) is 0 Å². The van der Waals surface area contributed by atoms with Crippen molar-refractivity contribution in [3.63, 3.8) is 0 Å². The average Bonchev–Trinajstić information content (AvgIpc) is 2.99. The lowest BCUT2D eigenvalue weighted by atomic mass is 10.1. The van der Waals surface area contributed by atoms with Crippen molar-refractivity contribution in [2.75, 3.05) is 55.7 Å². The predicted molar refractivity (Wildman–Crippen MR) is 88.8 cm³/mol. The molecule has 0 unspecified atom stereocenters. The van der Waals surface area contributed by atoms with E-state index < -0.39 is 0 Å². The smallest absolute Gasteiger partial charge is 0.324 e. The summed E-state index contributed by atoms with van der Waals surface area (Å²) >= 11 is 0. The maximum atomic E-state index is 12.6. The van der Waals surface area contributed by atoms with Gasteiger partial charge in [0.1, 0.15) is 0 Å². The van der Waals surface area contributed by atoms with Crippen LogP contribution in [0.1, 0.15) is 19.4 Å². The van der Waals surface area contributed by atoms with Crippen LogP contribution in [0.5, 0.6) is 0 Å². The molecular formula is C17H25N3O2. The summed E-state index contributed by atoms with van der Waals surface area (Å²) in [4.78, 5) is 18.7. The Labute approximate surface area is 132 Å². The summed E-state index contributed by atoms with van der Waals surface area (Å²) in [7, 11) is 0. The largest absolute Gasteiger partial charge is 0.378 e. The van der Waals surface area contributed by atoms with E-state index in [4.69, 9.17) is 4.74 Å². The molecule has 120 valence electrons. The van der Waals surface area contributed by atoms with Gasteiger partial charge in [0.05, 0.1) is 13.2 Å². The molecule has 0 bridgehead atoms. The molecule has 0 radical (unpaired) electrons. The molecule has 0 spiro atoms. The van der Waals surface area contributed by atoms with E-state index in [-0.39, 0.29) is 6.03 Å². The summed E-state index contributed by atoms with van der Waals surface area (Å²) in [6.07, 6.45) is 0.945. The zero-order valence-electron chi connectivity index (χ0n) is 13.5. The van der Waals surface area contributed by atoms with Gasteiger partial charge in [-0.05, 0) is 44.0 Å². The fraction of sp³-hybridized carbons (Fsp3) is 0.588. The van der Waals surface area contributed by atoms with Crippen molar-refractivity contribution in [2.24, 2.45) is 0 Å². The molecule has 0 aromatic heterocycles. The second-order valence-corrected chi connectivity index (χ2v) is 5.77. The van der Waals surface area contributed by atoms with Crippen molar-refractivity contribution in [1.29, 1.82) is 0 Å². The SMILES string of the molecule is CCN(CC)C(=O)N1CCc2cc(N3CCOCC3)ccc21. The van der Waals surface area contributed by atoms with Gasteiger partial charge in [-0.15, -0.1) is 0 Å². The molecule has 0 saturated carbocycles. The second-order valence-electron chi connectivity index (χ2n) is 5.77. The topological polar surface area (TPSA) is 36.0 Å². The minimum atomic E-state index is 0.128. The van der Waals surface area contributed by atoms with E-state index in [1.807, 2.05) is 23.6 Å². The average molecular weight is 303 g/mol. The van der Waals surface area contributed by atoms with Crippen LogP contribution < -0.4 is 9.80 Å². The van der Waals surface area contributed by atoms with Crippen LogP contribution in [-0.4, -0.2) is 56.9 Å². The molecule has 1 aromatic rings. The number of anilines is 2. The Bertz CT molecular complexity index is 537. The number of morpholine rings is 1. The number of hydrogen-bond donors (Lipinski definition) is 0.